The van der Waals surface area contributed by atoms with E-state index in [9.17, 15) is 23.2 Å². The van der Waals surface area contributed by atoms with E-state index in [1.807, 2.05) is 0 Å². The summed E-state index contributed by atoms with van der Waals surface area (Å²) in [5.74, 6) is -0.261. The number of unbranched alkanes of at least 4 members (excludes halogenated alkanes) is 11. The summed E-state index contributed by atoms with van der Waals surface area (Å²) in [6, 6.07) is 0. The van der Waals surface area contributed by atoms with Gasteiger partial charge in [-0.25, -0.2) is 0 Å². The van der Waals surface area contributed by atoms with E-state index in [1.165, 1.54) is 58.8 Å². The van der Waals surface area contributed by atoms with Crippen molar-refractivity contribution < 1.29 is 32.3 Å². The second-order valence-corrected chi connectivity index (χ2v) is 11.1. The van der Waals surface area contributed by atoms with Gasteiger partial charge in [-0.2, -0.15) is 8.78 Å². The van der Waals surface area contributed by atoms with Gasteiger partial charge in [-0.05, 0) is 46.0 Å². The summed E-state index contributed by atoms with van der Waals surface area (Å²) < 4.78 is 50.4. The molecule has 34 heavy (non-hydrogen) atoms. The van der Waals surface area contributed by atoms with Crippen LogP contribution in [0, 0.1) is 0 Å². The third-order valence-electron chi connectivity index (χ3n) is 5.66. The first-order chi connectivity index (χ1) is 16.2. The van der Waals surface area contributed by atoms with Crippen molar-refractivity contribution in [3.8, 4) is 0 Å². The molecule has 202 valence electrons. The molecule has 5 nitrogen and oxygen atoms in total. The Morgan fingerprint density at radius 3 is 1.82 bits per heavy atom. The zero-order valence-electron chi connectivity index (χ0n) is 21.7. The van der Waals surface area contributed by atoms with Crippen LogP contribution in [0.3, 0.4) is 0 Å². The second-order valence-electron chi connectivity index (χ2n) is 8.93. The van der Waals surface area contributed by atoms with Gasteiger partial charge in [-0.15, -0.1) is 0 Å². The molecule has 0 rings (SSSR count). The fourth-order valence-corrected chi connectivity index (χ4v) is 5.36. The fraction of sp³-hybridized carbons (Fsp3) is 0.885. The standard InChI is InChI=1S/C26H49F2O5P/c1-4-7-8-9-10-11-12-13-14-15-16-17-18-19-20-21-24(29)22-25(30)23-26(27,28)34(31,32-5-2)33-6-3/h13-14,25,30H,4-12,15-23H2,1-3H3/t25-/m0/s1. The van der Waals surface area contributed by atoms with Crippen LogP contribution in [0.25, 0.3) is 0 Å². The minimum absolute atomic E-state index is 0.197. The molecule has 1 atom stereocenters. The number of carbonyl (C=O) groups is 1. The predicted octanol–water partition coefficient (Wildman–Crippen LogP) is 8.59. The van der Waals surface area contributed by atoms with Gasteiger partial charge >= 0.3 is 13.3 Å². The first-order valence-corrected chi connectivity index (χ1v) is 14.9. The maximum atomic E-state index is 14.4. The molecule has 0 radical (unpaired) electrons. The van der Waals surface area contributed by atoms with Gasteiger partial charge in [0.25, 0.3) is 0 Å². The van der Waals surface area contributed by atoms with Crippen molar-refractivity contribution in [3.05, 3.63) is 12.2 Å². The number of halogens is 2. The zero-order chi connectivity index (χ0) is 25.7. The highest BCUT2D eigenvalue weighted by Crippen LogP contribution is 2.63. The van der Waals surface area contributed by atoms with Crippen LogP contribution in [0.1, 0.15) is 124 Å². The number of aliphatic hydroxyl groups is 1. The molecule has 0 heterocycles. The maximum absolute atomic E-state index is 14.4. The molecule has 0 aromatic carbocycles. The van der Waals surface area contributed by atoms with Crippen LogP contribution in [0.4, 0.5) is 8.78 Å². The van der Waals surface area contributed by atoms with Crippen LogP contribution in [-0.4, -0.2) is 35.9 Å². The van der Waals surface area contributed by atoms with Crippen LogP contribution < -0.4 is 0 Å². The Labute approximate surface area is 206 Å². The van der Waals surface area contributed by atoms with Crippen molar-refractivity contribution >= 4 is 13.4 Å². The smallest absolute Gasteiger partial charge is 0.392 e. The van der Waals surface area contributed by atoms with Crippen LogP contribution in [0.15, 0.2) is 12.2 Å². The van der Waals surface area contributed by atoms with Crippen molar-refractivity contribution in [1.29, 1.82) is 0 Å². The number of hydrogen-bond acceptors (Lipinski definition) is 5. The van der Waals surface area contributed by atoms with Crippen LogP contribution in [-0.2, 0) is 18.4 Å². The molecule has 0 spiro atoms. The lowest BCUT2D eigenvalue weighted by Crippen LogP contribution is -2.28. The Morgan fingerprint density at radius 1 is 0.853 bits per heavy atom. The number of aliphatic hydroxyl groups excluding tert-OH is 1. The van der Waals surface area contributed by atoms with Gasteiger partial charge in [0, 0.05) is 12.8 Å². The lowest BCUT2D eigenvalue weighted by atomic mass is 10.0. The van der Waals surface area contributed by atoms with E-state index in [2.05, 4.69) is 28.1 Å². The molecule has 1 N–H and O–H groups in total. The molecule has 8 heteroatoms. The van der Waals surface area contributed by atoms with Crippen LogP contribution in [0.2, 0.25) is 0 Å². The molecule has 0 unspecified atom stereocenters. The molecule has 0 saturated carbocycles. The van der Waals surface area contributed by atoms with E-state index in [-0.39, 0.29) is 31.8 Å². The third kappa shape index (κ3) is 16.1. The SMILES string of the molecule is CCCCCCCCC=CCCCCCCCC(=O)C[C@H](O)CC(F)(F)P(=O)(OCC)OCC. The number of alkyl halides is 2. The Balaban J connectivity index is 3.87. The number of hydrogen-bond donors (Lipinski definition) is 1. The Morgan fingerprint density at radius 2 is 1.32 bits per heavy atom. The summed E-state index contributed by atoms with van der Waals surface area (Å²) in [4.78, 5) is 12.0. The van der Waals surface area contributed by atoms with Crippen molar-refractivity contribution in [3.63, 3.8) is 0 Å². The highest BCUT2D eigenvalue weighted by atomic mass is 31.2. The van der Waals surface area contributed by atoms with Crippen molar-refractivity contribution in [2.24, 2.45) is 0 Å². The second kappa shape index (κ2) is 20.6. The Kier molecular flexibility index (Phi) is 20.2. The number of rotatable bonds is 24. The van der Waals surface area contributed by atoms with E-state index < -0.39 is 25.8 Å². The number of carbonyl (C=O) groups excluding carboxylic acids is 1. The highest BCUT2D eigenvalue weighted by molar-refractivity contribution is 7.55. The van der Waals surface area contributed by atoms with Gasteiger partial charge in [-0.3, -0.25) is 9.36 Å². The van der Waals surface area contributed by atoms with E-state index in [4.69, 9.17) is 0 Å². The minimum atomic E-state index is -4.68. The topological polar surface area (TPSA) is 72.8 Å². The molecule has 0 amide bonds. The van der Waals surface area contributed by atoms with Crippen molar-refractivity contribution in [2.75, 3.05) is 13.2 Å². The predicted molar refractivity (Wildman–Crippen MR) is 136 cm³/mol. The molecule has 0 aromatic heterocycles. The van der Waals surface area contributed by atoms with Gasteiger partial charge in [-0.1, -0.05) is 70.4 Å². The van der Waals surface area contributed by atoms with E-state index in [0.717, 1.165) is 32.1 Å². The number of Topliss-reactive ketones (excluding diaryl/α,β-unsaturated/α-hetero) is 1. The molecule has 0 aliphatic rings. The monoisotopic (exact) mass is 510 g/mol. The first kappa shape index (κ1) is 33.4. The highest BCUT2D eigenvalue weighted by Gasteiger charge is 2.54. The molecular weight excluding hydrogens is 461 g/mol. The fourth-order valence-electron chi connectivity index (χ4n) is 3.79. The average molecular weight is 511 g/mol. The molecule has 0 aliphatic carbocycles. The summed E-state index contributed by atoms with van der Waals surface area (Å²) in [7, 11) is -4.68. The summed E-state index contributed by atoms with van der Waals surface area (Å²) in [6.45, 7) is 4.72. The summed E-state index contributed by atoms with van der Waals surface area (Å²) in [5.41, 5.74) is -3.85. The molecule has 0 aliphatic heterocycles. The van der Waals surface area contributed by atoms with Crippen molar-refractivity contribution in [1.82, 2.24) is 0 Å². The lowest BCUT2D eigenvalue weighted by Gasteiger charge is -2.27. The van der Waals surface area contributed by atoms with Gasteiger partial charge in [0.1, 0.15) is 5.78 Å². The van der Waals surface area contributed by atoms with Crippen LogP contribution in [0.5, 0.6) is 0 Å². The summed E-state index contributed by atoms with van der Waals surface area (Å²) in [5, 5.41) is 9.94. The van der Waals surface area contributed by atoms with Gasteiger partial charge in [0.15, 0.2) is 0 Å². The largest absolute Gasteiger partial charge is 0.399 e. The first-order valence-electron chi connectivity index (χ1n) is 13.3. The zero-order valence-corrected chi connectivity index (χ0v) is 22.6. The summed E-state index contributed by atoms with van der Waals surface area (Å²) >= 11 is 0. The van der Waals surface area contributed by atoms with E-state index in [1.54, 1.807) is 0 Å². The number of ketones is 1. The lowest BCUT2D eigenvalue weighted by molar-refractivity contribution is -0.121. The van der Waals surface area contributed by atoms with E-state index >= 15 is 0 Å². The average Bonchev–Trinajstić information content (AvgIpc) is 2.76. The quantitative estimate of drug-likeness (QED) is 0.0799. The van der Waals surface area contributed by atoms with Crippen molar-refractivity contribution in [2.45, 2.75) is 135 Å². The maximum Gasteiger partial charge on any atom is 0.399 e. The Bertz CT molecular complexity index is 574. The molecule has 0 fully saturated rings. The number of allylic oxidation sites excluding steroid dienone is 2. The molecule has 0 saturated heterocycles. The van der Waals surface area contributed by atoms with Crippen LogP contribution >= 0.6 is 7.60 Å². The third-order valence-corrected chi connectivity index (χ3v) is 7.84. The molecule has 0 bridgehead atoms. The molecular formula is C26H49F2O5P. The normalized spacial score (nSPS) is 13.6. The summed E-state index contributed by atoms with van der Waals surface area (Å²) in [6.07, 6.45) is 16.8. The van der Waals surface area contributed by atoms with Gasteiger partial charge in [0.2, 0.25) is 0 Å². The van der Waals surface area contributed by atoms with E-state index in [0.29, 0.717) is 6.42 Å². The van der Waals surface area contributed by atoms with Gasteiger partial charge in [0.05, 0.1) is 25.7 Å². The van der Waals surface area contributed by atoms with Gasteiger partial charge < -0.3 is 14.2 Å². The molecule has 0 aromatic rings. The minimum Gasteiger partial charge on any atom is -0.392 e. The Hall–Kier alpha value is -0.620.